The van der Waals surface area contributed by atoms with Gasteiger partial charge in [0.2, 0.25) is 0 Å². The Morgan fingerprint density at radius 3 is 2.52 bits per heavy atom. The number of hydrogen-bond acceptors (Lipinski definition) is 8. The summed E-state index contributed by atoms with van der Waals surface area (Å²) in [6, 6.07) is 3.72. The minimum absolute atomic E-state index is 0.0717. The van der Waals surface area contributed by atoms with Crippen molar-refractivity contribution < 1.29 is 23.1 Å². The number of hydrazine groups is 1. The Bertz CT molecular complexity index is 1070. The van der Waals surface area contributed by atoms with Gasteiger partial charge in [0.05, 0.1) is 22.3 Å². The number of nitrogens with zero attached hydrogens (tertiary/aromatic N) is 5. The van der Waals surface area contributed by atoms with E-state index in [4.69, 9.17) is 16.7 Å². The van der Waals surface area contributed by atoms with Crippen LogP contribution in [0.5, 0.6) is 0 Å². The Kier molecular flexibility index (Phi) is 6.42. The number of benzene rings is 1. The van der Waals surface area contributed by atoms with Crippen LogP contribution < -0.4 is 21.4 Å². The molecule has 3 heterocycles. The second-order valence-electron chi connectivity index (χ2n) is 7.98. The van der Waals surface area contributed by atoms with Gasteiger partial charge in [0, 0.05) is 42.5 Å². The molecule has 1 aromatic carbocycles. The van der Waals surface area contributed by atoms with Gasteiger partial charge in [0.1, 0.15) is 0 Å². The average molecular weight is 548 g/mol. The summed E-state index contributed by atoms with van der Waals surface area (Å²) in [4.78, 5) is 19.8. The lowest BCUT2D eigenvalue weighted by molar-refractivity contribution is -0.138. The largest absolute Gasteiger partial charge is 0.480 e. The molecule has 0 aliphatic carbocycles. The van der Waals surface area contributed by atoms with Gasteiger partial charge in [-0.2, -0.15) is 13.2 Å². The molecule has 2 fully saturated rings. The van der Waals surface area contributed by atoms with Gasteiger partial charge >= 0.3 is 12.1 Å². The fourth-order valence-corrected chi connectivity index (χ4v) is 5.50. The van der Waals surface area contributed by atoms with E-state index in [2.05, 4.69) is 30.9 Å². The highest BCUT2D eigenvalue weighted by Gasteiger charge is 2.42. The first-order valence-corrected chi connectivity index (χ1v) is 11.5. The molecule has 33 heavy (non-hydrogen) atoms. The number of amidine groups is 1. The third-order valence-corrected chi connectivity index (χ3v) is 7.40. The predicted molar refractivity (Wildman–Crippen MR) is 122 cm³/mol. The lowest BCUT2D eigenvalue weighted by atomic mass is 10.0. The molecule has 0 amide bonds. The molecule has 5 N–H and O–H groups in total. The van der Waals surface area contributed by atoms with Crippen LogP contribution in [0, 0.1) is 11.8 Å². The Morgan fingerprint density at radius 2 is 1.91 bits per heavy atom. The van der Waals surface area contributed by atoms with Gasteiger partial charge in [-0.3, -0.25) is 4.79 Å². The molecule has 0 spiro atoms. The fraction of sp³-hybridized carbons (Fsp3) is 0.421. The average Bonchev–Trinajstić information content (AvgIpc) is 3.41. The quantitative estimate of drug-likeness (QED) is 0.218. The lowest BCUT2D eigenvalue weighted by Gasteiger charge is -2.24. The van der Waals surface area contributed by atoms with Gasteiger partial charge in [0.15, 0.2) is 17.5 Å². The van der Waals surface area contributed by atoms with E-state index >= 15 is 0 Å². The summed E-state index contributed by atoms with van der Waals surface area (Å²) in [5.41, 5.74) is 5.81. The normalized spacial score (nSPS) is 20.9. The van der Waals surface area contributed by atoms with Crippen molar-refractivity contribution in [1.82, 2.24) is 10.1 Å². The van der Waals surface area contributed by atoms with Crippen LogP contribution >= 0.6 is 27.3 Å². The summed E-state index contributed by atoms with van der Waals surface area (Å²) in [6.07, 6.45) is -2.82. The summed E-state index contributed by atoms with van der Waals surface area (Å²) < 4.78 is 40.1. The SMILES string of the molecule is N/C(=N\N(N)CC(=O)O)c1cnc(N2CC3CN(c4cc(C(F)(F)F)ccc4Br)CC3C2)s1. The number of hydrazone groups is 1. The first-order valence-electron chi connectivity index (χ1n) is 9.92. The third kappa shape index (κ3) is 5.17. The number of rotatable bonds is 6. The van der Waals surface area contributed by atoms with Crippen LogP contribution in [0.1, 0.15) is 10.4 Å². The molecule has 2 aromatic rings. The number of aliphatic carboxylic acids is 1. The van der Waals surface area contributed by atoms with Crippen LogP contribution in [0.3, 0.4) is 0 Å². The first-order chi connectivity index (χ1) is 15.5. The molecule has 4 rings (SSSR count). The number of aromatic nitrogens is 1. The topological polar surface area (TPSA) is 124 Å². The Morgan fingerprint density at radius 1 is 1.27 bits per heavy atom. The van der Waals surface area contributed by atoms with Crippen molar-refractivity contribution in [3.8, 4) is 0 Å². The number of nitrogens with two attached hydrogens (primary N) is 2. The number of anilines is 2. The molecule has 2 atom stereocenters. The number of thiazole rings is 1. The van der Waals surface area contributed by atoms with Gasteiger partial charge in [-0.05, 0) is 34.1 Å². The van der Waals surface area contributed by atoms with Crippen molar-refractivity contribution in [3.63, 3.8) is 0 Å². The molecular formula is C19H21BrF3N7O2S. The summed E-state index contributed by atoms with van der Waals surface area (Å²) in [5.74, 6) is 5.02. The minimum Gasteiger partial charge on any atom is -0.480 e. The maximum Gasteiger partial charge on any atom is 0.416 e. The van der Waals surface area contributed by atoms with E-state index in [1.807, 2.05) is 4.90 Å². The van der Waals surface area contributed by atoms with Crippen molar-refractivity contribution in [2.45, 2.75) is 6.18 Å². The molecule has 14 heteroatoms. The molecule has 2 aliphatic heterocycles. The molecule has 2 aliphatic rings. The zero-order valence-electron chi connectivity index (χ0n) is 17.2. The van der Waals surface area contributed by atoms with E-state index in [0.29, 0.717) is 40.0 Å². The Balaban J connectivity index is 1.41. The number of fused-ring (bicyclic) bond motifs is 1. The van der Waals surface area contributed by atoms with Crippen molar-refractivity contribution in [1.29, 1.82) is 0 Å². The Hall–Kier alpha value is -2.58. The highest BCUT2D eigenvalue weighted by atomic mass is 79.9. The predicted octanol–water partition coefficient (Wildman–Crippen LogP) is 2.38. The second-order valence-corrected chi connectivity index (χ2v) is 9.84. The van der Waals surface area contributed by atoms with Gasteiger partial charge in [-0.25, -0.2) is 15.9 Å². The standard InChI is InChI=1S/C19H21BrF3N7O2S/c20-13-2-1-12(19(21,22)23)3-14(13)28-5-10-7-29(8-11(10)6-28)18-26-4-15(33-18)17(24)27-30(25)9-16(31)32/h1-4,10-11H,5-9,25H2,(H2,24,27)(H,31,32). The van der Waals surface area contributed by atoms with E-state index < -0.39 is 24.3 Å². The molecular weight excluding hydrogens is 527 g/mol. The van der Waals surface area contributed by atoms with Crippen molar-refractivity contribution >= 4 is 49.9 Å². The number of alkyl halides is 3. The molecule has 2 saturated heterocycles. The maximum atomic E-state index is 13.1. The van der Waals surface area contributed by atoms with E-state index in [1.165, 1.54) is 23.5 Å². The summed E-state index contributed by atoms with van der Waals surface area (Å²) in [6.45, 7) is 2.27. The number of carboxylic acid groups (broad SMARTS) is 1. The van der Waals surface area contributed by atoms with E-state index in [0.717, 1.165) is 29.4 Å². The van der Waals surface area contributed by atoms with Gasteiger partial charge < -0.3 is 20.6 Å². The fourth-order valence-electron chi connectivity index (χ4n) is 4.17. The smallest absolute Gasteiger partial charge is 0.416 e. The number of halogens is 4. The Labute approximate surface area is 199 Å². The zero-order chi connectivity index (χ0) is 23.9. The molecule has 0 saturated carbocycles. The van der Waals surface area contributed by atoms with E-state index in [1.54, 1.807) is 6.20 Å². The van der Waals surface area contributed by atoms with Crippen LogP contribution in [0.25, 0.3) is 0 Å². The molecule has 2 unspecified atom stereocenters. The van der Waals surface area contributed by atoms with Crippen molar-refractivity contribution in [2.24, 2.45) is 28.5 Å². The second kappa shape index (κ2) is 8.99. The van der Waals surface area contributed by atoms with Crippen molar-refractivity contribution in [2.75, 3.05) is 42.5 Å². The van der Waals surface area contributed by atoms with Gasteiger partial charge in [0.25, 0.3) is 0 Å². The number of carboxylic acids is 1. The highest BCUT2D eigenvalue weighted by Crippen LogP contribution is 2.41. The molecule has 1 aromatic heterocycles. The van der Waals surface area contributed by atoms with Crippen molar-refractivity contribution in [3.05, 3.63) is 39.3 Å². The van der Waals surface area contributed by atoms with E-state index in [9.17, 15) is 18.0 Å². The molecule has 178 valence electrons. The number of carbonyl (C=O) groups is 1. The molecule has 0 radical (unpaired) electrons. The monoisotopic (exact) mass is 547 g/mol. The highest BCUT2D eigenvalue weighted by molar-refractivity contribution is 9.10. The first kappa shape index (κ1) is 23.6. The van der Waals surface area contributed by atoms with Gasteiger partial charge in [-0.15, -0.1) is 5.10 Å². The van der Waals surface area contributed by atoms with Crippen LogP contribution in [0.15, 0.2) is 34.0 Å². The van der Waals surface area contributed by atoms with Crippen LogP contribution in [0.2, 0.25) is 0 Å². The minimum atomic E-state index is -4.38. The summed E-state index contributed by atoms with van der Waals surface area (Å²) >= 11 is 4.71. The van der Waals surface area contributed by atoms with Gasteiger partial charge in [-0.1, -0.05) is 11.3 Å². The van der Waals surface area contributed by atoms with Crippen LogP contribution in [0.4, 0.5) is 24.0 Å². The van der Waals surface area contributed by atoms with Crippen LogP contribution in [-0.4, -0.2) is 59.7 Å². The summed E-state index contributed by atoms with van der Waals surface area (Å²) in [5, 5.41) is 14.1. The van der Waals surface area contributed by atoms with E-state index in [-0.39, 0.29) is 5.84 Å². The number of hydrogen-bond donors (Lipinski definition) is 3. The van der Waals surface area contributed by atoms with Crippen LogP contribution in [-0.2, 0) is 11.0 Å². The lowest BCUT2D eigenvalue weighted by Crippen LogP contribution is -2.33. The zero-order valence-corrected chi connectivity index (χ0v) is 19.6. The molecule has 0 bridgehead atoms. The molecule has 9 nitrogen and oxygen atoms in total. The summed E-state index contributed by atoms with van der Waals surface area (Å²) in [7, 11) is 0. The maximum absolute atomic E-state index is 13.1. The third-order valence-electron chi connectivity index (χ3n) is 5.65.